The third-order valence-electron chi connectivity index (χ3n) is 3.12. The Balaban J connectivity index is 2.12. The number of aromatic nitrogens is 1. The molecule has 22 heavy (non-hydrogen) atoms. The first-order chi connectivity index (χ1) is 10.6. The lowest BCUT2D eigenvalue weighted by atomic mass is 10.2. The van der Waals surface area contributed by atoms with E-state index in [-0.39, 0.29) is 0 Å². The van der Waals surface area contributed by atoms with Crippen LogP contribution in [0.2, 0.25) is 0 Å². The molecule has 6 heteroatoms. The van der Waals surface area contributed by atoms with Gasteiger partial charge in [0.15, 0.2) is 5.11 Å². The Labute approximate surface area is 136 Å². The molecule has 0 spiro atoms. The number of hydrazone groups is 1. The van der Waals surface area contributed by atoms with Crippen molar-refractivity contribution in [2.45, 2.75) is 6.92 Å². The summed E-state index contributed by atoms with van der Waals surface area (Å²) in [4.78, 5) is 2.08. The van der Waals surface area contributed by atoms with Gasteiger partial charge in [-0.25, -0.2) is 0 Å². The molecule has 0 amide bonds. The summed E-state index contributed by atoms with van der Waals surface area (Å²) in [5.74, 6) is 0. The second-order valence-electron chi connectivity index (χ2n) is 4.94. The Morgan fingerprint density at radius 2 is 2.00 bits per heavy atom. The van der Waals surface area contributed by atoms with Crippen molar-refractivity contribution in [3.8, 4) is 5.69 Å². The number of nitrogens with one attached hydrogen (secondary N) is 2. The quantitative estimate of drug-likeness (QED) is 0.505. The van der Waals surface area contributed by atoms with Gasteiger partial charge in [-0.05, 0) is 55.5 Å². The van der Waals surface area contributed by atoms with Crippen LogP contribution in [0, 0.1) is 0 Å². The third kappa shape index (κ3) is 4.08. The van der Waals surface area contributed by atoms with E-state index >= 15 is 0 Å². The Morgan fingerprint density at radius 3 is 2.64 bits per heavy atom. The minimum absolute atomic E-state index is 0.521. The maximum atomic E-state index is 5.07. The molecule has 2 aromatic rings. The van der Waals surface area contributed by atoms with Gasteiger partial charge in [0.2, 0.25) is 0 Å². The van der Waals surface area contributed by atoms with Gasteiger partial charge in [0.05, 0.1) is 11.9 Å². The van der Waals surface area contributed by atoms with Crippen LogP contribution in [0.4, 0.5) is 5.69 Å². The van der Waals surface area contributed by atoms with Gasteiger partial charge in [0, 0.05) is 38.2 Å². The lowest BCUT2D eigenvalue weighted by molar-refractivity contribution is 0.902. The van der Waals surface area contributed by atoms with Crippen molar-refractivity contribution in [2.24, 2.45) is 5.10 Å². The van der Waals surface area contributed by atoms with Crippen LogP contribution in [-0.2, 0) is 0 Å². The van der Waals surface area contributed by atoms with Crippen molar-refractivity contribution in [1.29, 1.82) is 0 Å². The van der Waals surface area contributed by atoms with Gasteiger partial charge in [-0.2, -0.15) is 5.10 Å². The normalized spacial score (nSPS) is 10.7. The Bertz CT molecular complexity index is 643. The average Bonchev–Trinajstić information content (AvgIpc) is 2.96. The molecule has 116 valence electrons. The number of rotatable bonds is 5. The Hall–Kier alpha value is -2.34. The topological polar surface area (TPSA) is 44.6 Å². The summed E-state index contributed by atoms with van der Waals surface area (Å²) in [5.41, 5.74) is 6.03. The largest absolute Gasteiger partial charge is 0.378 e. The highest BCUT2D eigenvalue weighted by Crippen LogP contribution is 2.17. The van der Waals surface area contributed by atoms with Crippen LogP contribution >= 0.6 is 12.2 Å². The van der Waals surface area contributed by atoms with Crippen LogP contribution in [0.15, 0.2) is 47.7 Å². The number of nitrogens with zero attached hydrogens (tertiary/aromatic N) is 3. The molecule has 1 aromatic heterocycles. The number of benzene rings is 1. The van der Waals surface area contributed by atoms with Crippen molar-refractivity contribution < 1.29 is 0 Å². The zero-order chi connectivity index (χ0) is 15.9. The van der Waals surface area contributed by atoms with Crippen LogP contribution in [0.25, 0.3) is 5.69 Å². The van der Waals surface area contributed by atoms with Gasteiger partial charge in [-0.15, -0.1) is 0 Å². The fourth-order valence-electron chi connectivity index (χ4n) is 2.00. The van der Waals surface area contributed by atoms with Gasteiger partial charge >= 0.3 is 0 Å². The summed E-state index contributed by atoms with van der Waals surface area (Å²) < 4.78 is 2.07. The minimum atomic E-state index is 0.521. The number of hydrogen-bond acceptors (Lipinski definition) is 3. The average molecular weight is 315 g/mol. The van der Waals surface area contributed by atoms with E-state index in [2.05, 4.69) is 49.6 Å². The Kier molecular flexibility index (Phi) is 5.55. The van der Waals surface area contributed by atoms with Gasteiger partial charge in [0.1, 0.15) is 0 Å². The first kappa shape index (κ1) is 16.0. The molecule has 1 heterocycles. The zero-order valence-electron chi connectivity index (χ0n) is 13.1. The monoisotopic (exact) mass is 315 g/mol. The molecule has 0 saturated heterocycles. The van der Waals surface area contributed by atoms with E-state index in [0.717, 1.165) is 17.9 Å². The fourth-order valence-corrected chi connectivity index (χ4v) is 2.20. The summed E-state index contributed by atoms with van der Waals surface area (Å²) in [6.45, 7) is 2.76. The van der Waals surface area contributed by atoms with E-state index in [9.17, 15) is 0 Å². The molecule has 0 atom stereocenters. The molecular formula is C16H21N5S. The molecule has 2 rings (SSSR count). The molecule has 1 aromatic carbocycles. The predicted octanol–water partition coefficient (Wildman–Crippen LogP) is 2.36. The summed E-state index contributed by atoms with van der Waals surface area (Å²) in [7, 11) is 4.06. The van der Waals surface area contributed by atoms with Crippen molar-refractivity contribution in [2.75, 3.05) is 25.5 Å². The van der Waals surface area contributed by atoms with Crippen molar-refractivity contribution >= 4 is 29.2 Å². The summed E-state index contributed by atoms with van der Waals surface area (Å²) >= 11 is 5.07. The predicted molar refractivity (Wildman–Crippen MR) is 97.1 cm³/mol. The van der Waals surface area contributed by atoms with E-state index in [1.54, 1.807) is 6.21 Å². The molecule has 0 aliphatic carbocycles. The lowest BCUT2D eigenvalue weighted by Crippen LogP contribution is -2.31. The molecule has 2 N–H and O–H groups in total. The number of hydrogen-bond donors (Lipinski definition) is 2. The fraction of sp³-hybridized carbons (Fsp3) is 0.250. The summed E-state index contributed by atoms with van der Waals surface area (Å²) in [5, 5.41) is 7.66. The molecule has 0 radical (unpaired) electrons. The molecule has 0 fully saturated rings. The van der Waals surface area contributed by atoms with Crippen molar-refractivity contribution in [3.63, 3.8) is 0 Å². The van der Waals surface area contributed by atoms with E-state index in [4.69, 9.17) is 12.2 Å². The molecule has 0 unspecified atom stereocenters. The van der Waals surface area contributed by atoms with E-state index < -0.39 is 0 Å². The van der Waals surface area contributed by atoms with Gasteiger partial charge in [-0.3, -0.25) is 5.43 Å². The van der Waals surface area contributed by atoms with Gasteiger partial charge in [0.25, 0.3) is 0 Å². The first-order valence-electron chi connectivity index (χ1n) is 7.14. The van der Waals surface area contributed by atoms with Crippen LogP contribution in [0.3, 0.4) is 0 Å². The highest BCUT2D eigenvalue weighted by molar-refractivity contribution is 7.80. The standard InChI is InChI=1S/C16H21N5S/c1-4-17-16(22)19-18-12-15-6-5-11-21(15)14-9-7-13(8-10-14)20(2)3/h5-12H,4H2,1-3H3,(H2,17,19,22)/b18-12-. The number of anilines is 1. The molecule has 0 bridgehead atoms. The highest BCUT2D eigenvalue weighted by Gasteiger charge is 2.02. The van der Waals surface area contributed by atoms with Crippen LogP contribution in [-0.4, -0.2) is 36.5 Å². The second-order valence-corrected chi connectivity index (χ2v) is 5.35. The van der Waals surface area contributed by atoms with Crippen molar-refractivity contribution in [1.82, 2.24) is 15.3 Å². The molecule has 5 nitrogen and oxygen atoms in total. The molecule has 0 aliphatic heterocycles. The lowest BCUT2D eigenvalue weighted by Gasteiger charge is -2.13. The maximum absolute atomic E-state index is 5.07. The molecule has 0 aliphatic rings. The smallest absolute Gasteiger partial charge is 0.186 e. The van der Waals surface area contributed by atoms with Gasteiger partial charge < -0.3 is 14.8 Å². The summed E-state index contributed by atoms with van der Waals surface area (Å²) in [6.07, 6.45) is 3.76. The third-order valence-corrected chi connectivity index (χ3v) is 3.36. The van der Waals surface area contributed by atoms with Crippen LogP contribution in [0.5, 0.6) is 0 Å². The minimum Gasteiger partial charge on any atom is -0.378 e. The molecular weight excluding hydrogens is 294 g/mol. The van der Waals surface area contributed by atoms with Gasteiger partial charge in [-0.1, -0.05) is 0 Å². The van der Waals surface area contributed by atoms with E-state index in [1.165, 1.54) is 5.69 Å². The highest BCUT2D eigenvalue weighted by atomic mass is 32.1. The van der Waals surface area contributed by atoms with Crippen molar-refractivity contribution in [3.05, 3.63) is 48.3 Å². The number of thiocarbonyl (C=S) groups is 1. The first-order valence-corrected chi connectivity index (χ1v) is 7.54. The van der Waals surface area contributed by atoms with Crippen LogP contribution < -0.4 is 15.6 Å². The van der Waals surface area contributed by atoms with E-state index in [1.807, 2.05) is 39.3 Å². The Morgan fingerprint density at radius 1 is 1.27 bits per heavy atom. The van der Waals surface area contributed by atoms with E-state index in [0.29, 0.717) is 5.11 Å². The summed E-state index contributed by atoms with van der Waals surface area (Å²) in [6, 6.07) is 12.3. The second kappa shape index (κ2) is 7.61. The van der Waals surface area contributed by atoms with Crippen LogP contribution in [0.1, 0.15) is 12.6 Å². The SMILES string of the molecule is CCNC(=S)N/N=C\c1cccn1-c1ccc(N(C)C)cc1. The molecule has 0 saturated carbocycles. The maximum Gasteiger partial charge on any atom is 0.186 e. The zero-order valence-corrected chi connectivity index (χ0v) is 13.9.